The van der Waals surface area contributed by atoms with Crippen LogP contribution in [0.4, 0.5) is 0 Å². The van der Waals surface area contributed by atoms with Crippen LogP contribution < -0.4 is 5.32 Å². The molecule has 1 aromatic rings. The zero-order valence-corrected chi connectivity index (χ0v) is 8.54. The van der Waals surface area contributed by atoms with E-state index in [1.165, 1.54) is 18.7 Å². The lowest BCUT2D eigenvalue weighted by Gasteiger charge is -2.10. The maximum atomic E-state index is 10.7. The van der Waals surface area contributed by atoms with Gasteiger partial charge in [0.25, 0.3) is 0 Å². The van der Waals surface area contributed by atoms with Gasteiger partial charge in [0, 0.05) is 11.8 Å². The SMILES string of the molecule is CC(=O)NC(N=N)Sc1ccccc1. The molecule has 0 saturated carbocycles. The number of carbonyl (C=O) groups is 1. The number of hydrogen-bond donors (Lipinski definition) is 2. The van der Waals surface area contributed by atoms with E-state index in [4.69, 9.17) is 5.53 Å². The van der Waals surface area contributed by atoms with E-state index in [2.05, 4.69) is 10.4 Å². The Labute approximate surface area is 86.6 Å². The summed E-state index contributed by atoms with van der Waals surface area (Å²) in [6.07, 6.45) is 0. The number of carbonyl (C=O) groups excluding carboxylic acids is 1. The van der Waals surface area contributed by atoms with Crippen LogP contribution in [0.15, 0.2) is 40.3 Å². The highest BCUT2D eigenvalue weighted by Gasteiger charge is 2.08. The Morgan fingerprint density at radius 2 is 2.14 bits per heavy atom. The molecule has 0 heterocycles. The number of nitrogens with zero attached hydrogens (tertiary/aromatic N) is 1. The van der Waals surface area contributed by atoms with E-state index < -0.39 is 5.50 Å². The lowest BCUT2D eigenvalue weighted by Crippen LogP contribution is -2.28. The van der Waals surface area contributed by atoms with Crippen LogP contribution >= 0.6 is 11.8 Å². The molecule has 0 aromatic heterocycles. The second-order valence-corrected chi connectivity index (χ2v) is 3.77. The molecule has 1 atom stereocenters. The number of amides is 1. The topological polar surface area (TPSA) is 65.3 Å². The zero-order chi connectivity index (χ0) is 10.4. The van der Waals surface area contributed by atoms with E-state index >= 15 is 0 Å². The lowest BCUT2D eigenvalue weighted by atomic mass is 10.4. The van der Waals surface area contributed by atoms with Crippen molar-refractivity contribution in [1.29, 1.82) is 5.53 Å². The summed E-state index contributed by atoms with van der Waals surface area (Å²) in [5, 5.41) is 5.85. The predicted octanol–water partition coefficient (Wildman–Crippen LogP) is 2.23. The first-order valence-electron chi connectivity index (χ1n) is 4.08. The van der Waals surface area contributed by atoms with Gasteiger partial charge in [-0.15, -0.1) is 0 Å². The predicted molar refractivity (Wildman–Crippen MR) is 55.1 cm³/mol. The van der Waals surface area contributed by atoms with Gasteiger partial charge in [0.2, 0.25) is 5.91 Å². The van der Waals surface area contributed by atoms with Gasteiger partial charge in [0.05, 0.1) is 0 Å². The summed E-state index contributed by atoms with van der Waals surface area (Å²) < 4.78 is 0. The summed E-state index contributed by atoms with van der Waals surface area (Å²) in [4.78, 5) is 11.7. The Kier molecular flexibility index (Phi) is 4.12. The van der Waals surface area contributed by atoms with Gasteiger partial charge in [-0.1, -0.05) is 30.0 Å². The third-order valence-electron chi connectivity index (χ3n) is 1.43. The molecule has 1 rings (SSSR count). The molecule has 14 heavy (non-hydrogen) atoms. The van der Waals surface area contributed by atoms with Crippen molar-refractivity contribution in [2.45, 2.75) is 17.3 Å². The van der Waals surface area contributed by atoms with Crippen molar-refractivity contribution in [3.8, 4) is 0 Å². The van der Waals surface area contributed by atoms with Gasteiger partial charge in [-0.3, -0.25) is 4.79 Å². The molecule has 0 bridgehead atoms. The molecule has 5 heteroatoms. The summed E-state index contributed by atoms with van der Waals surface area (Å²) in [5.41, 5.74) is 6.36. The zero-order valence-electron chi connectivity index (χ0n) is 7.73. The van der Waals surface area contributed by atoms with Crippen LogP contribution in [0.3, 0.4) is 0 Å². The molecular weight excluding hydrogens is 198 g/mol. The fourth-order valence-corrected chi connectivity index (χ4v) is 1.74. The molecule has 2 N–H and O–H groups in total. The van der Waals surface area contributed by atoms with Crippen LogP contribution in [-0.2, 0) is 4.79 Å². The molecular formula is C9H11N3OS. The highest BCUT2D eigenvalue weighted by molar-refractivity contribution is 7.99. The molecule has 0 aliphatic heterocycles. The van der Waals surface area contributed by atoms with E-state index in [1.54, 1.807) is 0 Å². The smallest absolute Gasteiger partial charge is 0.219 e. The van der Waals surface area contributed by atoms with Crippen LogP contribution in [0.5, 0.6) is 0 Å². The van der Waals surface area contributed by atoms with Gasteiger partial charge in [-0.05, 0) is 12.1 Å². The van der Waals surface area contributed by atoms with E-state index in [0.717, 1.165) is 4.90 Å². The maximum absolute atomic E-state index is 10.7. The lowest BCUT2D eigenvalue weighted by molar-refractivity contribution is -0.119. The van der Waals surface area contributed by atoms with Gasteiger partial charge in [0.1, 0.15) is 0 Å². The Bertz CT molecular complexity index is 315. The summed E-state index contributed by atoms with van der Waals surface area (Å²) >= 11 is 1.33. The molecule has 1 unspecified atom stereocenters. The molecule has 0 fully saturated rings. The average molecular weight is 209 g/mol. The Morgan fingerprint density at radius 3 is 2.64 bits per heavy atom. The number of thioether (sulfide) groups is 1. The molecule has 4 nitrogen and oxygen atoms in total. The van der Waals surface area contributed by atoms with Crippen LogP contribution in [0.2, 0.25) is 0 Å². The summed E-state index contributed by atoms with van der Waals surface area (Å²) in [6.45, 7) is 1.41. The first kappa shape index (κ1) is 10.7. The van der Waals surface area contributed by atoms with Crippen molar-refractivity contribution in [3.63, 3.8) is 0 Å². The largest absolute Gasteiger partial charge is 0.324 e. The van der Waals surface area contributed by atoms with E-state index in [0.29, 0.717) is 0 Å². The minimum atomic E-state index is -0.533. The molecule has 74 valence electrons. The Balaban J connectivity index is 2.57. The van der Waals surface area contributed by atoms with Gasteiger partial charge in [-0.25, -0.2) is 5.53 Å². The first-order chi connectivity index (χ1) is 6.72. The minimum absolute atomic E-state index is 0.186. The van der Waals surface area contributed by atoms with Gasteiger partial charge in [-0.2, -0.15) is 5.11 Å². The van der Waals surface area contributed by atoms with Gasteiger partial charge < -0.3 is 5.32 Å². The second kappa shape index (κ2) is 5.39. The quantitative estimate of drug-likeness (QED) is 0.453. The van der Waals surface area contributed by atoms with Crippen LogP contribution in [0.1, 0.15) is 6.92 Å². The molecule has 1 aromatic carbocycles. The van der Waals surface area contributed by atoms with Crippen molar-refractivity contribution in [1.82, 2.24) is 5.32 Å². The van der Waals surface area contributed by atoms with E-state index in [1.807, 2.05) is 30.3 Å². The van der Waals surface area contributed by atoms with E-state index in [9.17, 15) is 4.79 Å². The van der Waals surface area contributed by atoms with Crippen molar-refractivity contribution in [2.75, 3.05) is 0 Å². The number of nitrogens with one attached hydrogen (secondary N) is 2. The monoisotopic (exact) mass is 209 g/mol. The Morgan fingerprint density at radius 1 is 1.50 bits per heavy atom. The number of benzene rings is 1. The number of hydrogen-bond acceptors (Lipinski definition) is 4. The first-order valence-corrected chi connectivity index (χ1v) is 4.95. The average Bonchev–Trinajstić information content (AvgIpc) is 2.17. The molecule has 0 aliphatic rings. The van der Waals surface area contributed by atoms with Gasteiger partial charge >= 0.3 is 0 Å². The molecule has 0 saturated heterocycles. The van der Waals surface area contributed by atoms with Crippen molar-refractivity contribution >= 4 is 17.7 Å². The van der Waals surface area contributed by atoms with Crippen LogP contribution in [0.25, 0.3) is 0 Å². The summed E-state index contributed by atoms with van der Waals surface area (Å²) in [7, 11) is 0. The van der Waals surface area contributed by atoms with Gasteiger partial charge in [0.15, 0.2) is 5.50 Å². The third-order valence-corrected chi connectivity index (χ3v) is 2.43. The molecule has 1 amide bonds. The van der Waals surface area contributed by atoms with Crippen molar-refractivity contribution < 1.29 is 4.79 Å². The Hall–Kier alpha value is -1.36. The fourth-order valence-electron chi connectivity index (χ4n) is 0.890. The van der Waals surface area contributed by atoms with Crippen LogP contribution in [0, 0.1) is 5.53 Å². The fraction of sp³-hybridized carbons (Fsp3) is 0.222. The minimum Gasteiger partial charge on any atom is -0.324 e. The van der Waals surface area contributed by atoms with Crippen molar-refractivity contribution in [2.24, 2.45) is 5.11 Å². The van der Waals surface area contributed by atoms with E-state index in [-0.39, 0.29) is 5.91 Å². The van der Waals surface area contributed by atoms with Crippen LogP contribution in [-0.4, -0.2) is 11.4 Å². The van der Waals surface area contributed by atoms with Crippen molar-refractivity contribution in [3.05, 3.63) is 30.3 Å². The normalized spacial score (nSPS) is 11.8. The maximum Gasteiger partial charge on any atom is 0.219 e. The summed E-state index contributed by atoms with van der Waals surface area (Å²) in [5.74, 6) is -0.186. The standard InChI is InChI=1S/C9H11N3OS/c1-7(13)11-9(12-10)14-8-5-3-2-4-6-8/h2-6,9-10H,1H3,(H,11,13). The number of rotatable bonds is 4. The molecule has 0 radical (unpaired) electrons. The highest BCUT2D eigenvalue weighted by atomic mass is 32.2. The molecule has 0 spiro atoms. The second-order valence-electron chi connectivity index (χ2n) is 2.61. The third kappa shape index (κ3) is 3.57. The highest BCUT2D eigenvalue weighted by Crippen LogP contribution is 2.21. The molecule has 0 aliphatic carbocycles. The summed E-state index contributed by atoms with van der Waals surface area (Å²) in [6, 6.07) is 9.53.